The van der Waals surface area contributed by atoms with Crippen molar-refractivity contribution in [3.63, 3.8) is 0 Å². The molecule has 0 fully saturated rings. The van der Waals surface area contributed by atoms with Crippen LogP contribution in [-0.4, -0.2) is 14.9 Å². The minimum atomic E-state index is 0.00715. The fraction of sp³-hybridized carbons (Fsp3) is 0.222. The first kappa shape index (κ1) is 8.53. The summed E-state index contributed by atoms with van der Waals surface area (Å²) >= 11 is 5.89. The Bertz CT molecular complexity index is 450. The summed E-state index contributed by atoms with van der Waals surface area (Å²) in [7, 11) is 1.81. The van der Waals surface area contributed by atoms with E-state index in [0.717, 1.165) is 16.5 Å². The molecule has 0 bridgehead atoms. The van der Waals surface area contributed by atoms with Gasteiger partial charge in [-0.25, -0.2) is 0 Å². The van der Waals surface area contributed by atoms with Gasteiger partial charge in [0.1, 0.15) is 0 Å². The predicted octanol–water partition coefficient (Wildman–Crippen LogP) is 1.72. The minimum absolute atomic E-state index is 0.00715. The highest BCUT2D eigenvalue weighted by molar-refractivity contribution is 6.34. The van der Waals surface area contributed by atoms with Crippen LogP contribution in [0.1, 0.15) is 5.56 Å². The molecule has 0 aliphatic rings. The molecule has 3 nitrogen and oxygen atoms in total. The summed E-state index contributed by atoms with van der Waals surface area (Å²) in [6, 6.07) is 5.62. The third kappa shape index (κ3) is 1.20. The van der Waals surface area contributed by atoms with Gasteiger partial charge in [0.15, 0.2) is 5.15 Å². The Morgan fingerprint density at radius 3 is 3.00 bits per heavy atom. The molecule has 2 rings (SSSR count). The topological polar surface area (TPSA) is 38.0 Å². The van der Waals surface area contributed by atoms with Gasteiger partial charge in [-0.15, -0.1) is 0 Å². The molecule has 0 radical (unpaired) electrons. The maximum atomic E-state index is 9.09. The lowest BCUT2D eigenvalue weighted by atomic mass is 10.1. The van der Waals surface area contributed by atoms with Gasteiger partial charge in [-0.3, -0.25) is 4.68 Å². The Hall–Kier alpha value is -1.06. The van der Waals surface area contributed by atoms with Crippen LogP contribution in [0.5, 0.6) is 0 Å². The second-order valence-electron chi connectivity index (χ2n) is 2.89. The van der Waals surface area contributed by atoms with Crippen molar-refractivity contribution in [2.24, 2.45) is 7.05 Å². The van der Waals surface area contributed by atoms with Gasteiger partial charge in [0.05, 0.1) is 12.1 Å². The summed E-state index contributed by atoms with van der Waals surface area (Å²) in [5, 5.41) is 14.5. The molecule has 0 amide bonds. The van der Waals surface area contributed by atoms with E-state index in [1.807, 2.05) is 25.2 Å². The Morgan fingerprint density at radius 1 is 1.54 bits per heavy atom. The van der Waals surface area contributed by atoms with Gasteiger partial charge in [-0.2, -0.15) is 5.10 Å². The van der Waals surface area contributed by atoms with Crippen molar-refractivity contribution in [2.75, 3.05) is 0 Å². The number of halogens is 1. The third-order valence-corrected chi connectivity index (χ3v) is 2.35. The smallest absolute Gasteiger partial charge is 0.158 e. The second-order valence-corrected chi connectivity index (χ2v) is 3.24. The highest BCUT2D eigenvalue weighted by atomic mass is 35.5. The summed E-state index contributed by atoms with van der Waals surface area (Å²) < 4.78 is 1.68. The lowest BCUT2D eigenvalue weighted by molar-refractivity contribution is 0.283. The van der Waals surface area contributed by atoms with E-state index in [4.69, 9.17) is 16.7 Å². The van der Waals surface area contributed by atoms with E-state index in [2.05, 4.69) is 5.10 Å². The van der Waals surface area contributed by atoms with Crippen molar-refractivity contribution in [3.05, 3.63) is 28.9 Å². The van der Waals surface area contributed by atoms with Crippen molar-refractivity contribution in [2.45, 2.75) is 6.61 Å². The van der Waals surface area contributed by atoms with Gasteiger partial charge in [-0.05, 0) is 6.07 Å². The maximum absolute atomic E-state index is 9.09. The molecule has 13 heavy (non-hydrogen) atoms. The highest BCUT2D eigenvalue weighted by Crippen LogP contribution is 2.24. The molecular formula is C9H9ClN2O. The van der Waals surface area contributed by atoms with Crippen LogP contribution in [0.4, 0.5) is 0 Å². The van der Waals surface area contributed by atoms with Crippen LogP contribution >= 0.6 is 11.6 Å². The maximum Gasteiger partial charge on any atom is 0.158 e. The van der Waals surface area contributed by atoms with E-state index in [1.54, 1.807) is 4.68 Å². The molecule has 2 aromatic rings. The Morgan fingerprint density at radius 2 is 2.31 bits per heavy atom. The van der Waals surface area contributed by atoms with Crippen LogP contribution in [0.2, 0.25) is 5.15 Å². The number of aryl methyl sites for hydroxylation is 1. The molecular weight excluding hydrogens is 188 g/mol. The first-order valence-electron chi connectivity index (χ1n) is 3.95. The van der Waals surface area contributed by atoms with E-state index < -0.39 is 0 Å². The standard InChI is InChI=1S/C9H9ClN2O/c1-12-8-6(5-13)3-2-4-7(8)9(10)11-12/h2-4,13H,5H2,1H3. The molecule has 1 heterocycles. The van der Waals surface area contributed by atoms with Gasteiger partial charge in [0, 0.05) is 18.0 Å². The molecule has 0 atom stereocenters. The molecule has 1 N–H and O–H groups in total. The molecule has 0 aliphatic heterocycles. The van der Waals surface area contributed by atoms with E-state index >= 15 is 0 Å². The zero-order valence-corrected chi connectivity index (χ0v) is 7.91. The zero-order valence-electron chi connectivity index (χ0n) is 7.16. The van der Waals surface area contributed by atoms with Crippen molar-refractivity contribution in [3.8, 4) is 0 Å². The number of aliphatic hydroxyl groups is 1. The number of hydrogen-bond acceptors (Lipinski definition) is 2. The number of fused-ring (bicyclic) bond motifs is 1. The van der Waals surface area contributed by atoms with Gasteiger partial charge < -0.3 is 5.11 Å². The minimum Gasteiger partial charge on any atom is -0.392 e. The lowest BCUT2D eigenvalue weighted by Gasteiger charge is -1.99. The average molecular weight is 197 g/mol. The van der Waals surface area contributed by atoms with E-state index in [-0.39, 0.29) is 6.61 Å². The molecule has 0 spiro atoms. The number of aromatic nitrogens is 2. The summed E-state index contributed by atoms with van der Waals surface area (Å²) in [5.74, 6) is 0. The molecule has 0 saturated heterocycles. The highest BCUT2D eigenvalue weighted by Gasteiger charge is 2.08. The molecule has 1 aromatic heterocycles. The van der Waals surface area contributed by atoms with Crippen LogP contribution in [-0.2, 0) is 13.7 Å². The van der Waals surface area contributed by atoms with Crippen LogP contribution in [0.3, 0.4) is 0 Å². The Balaban J connectivity index is 2.88. The van der Waals surface area contributed by atoms with Crippen molar-refractivity contribution < 1.29 is 5.11 Å². The van der Waals surface area contributed by atoms with Crippen molar-refractivity contribution in [1.82, 2.24) is 9.78 Å². The van der Waals surface area contributed by atoms with Crippen LogP contribution in [0, 0.1) is 0 Å². The third-order valence-electron chi connectivity index (χ3n) is 2.07. The normalized spacial score (nSPS) is 11.0. The van der Waals surface area contributed by atoms with Crippen LogP contribution in [0.15, 0.2) is 18.2 Å². The van der Waals surface area contributed by atoms with Gasteiger partial charge in [0.2, 0.25) is 0 Å². The molecule has 1 aromatic carbocycles. The molecule has 0 unspecified atom stereocenters. The summed E-state index contributed by atoms with van der Waals surface area (Å²) in [5.41, 5.74) is 1.74. The summed E-state index contributed by atoms with van der Waals surface area (Å²) in [6.07, 6.45) is 0. The number of hydrogen-bond donors (Lipinski definition) is 1. The van der Waals surface area contributed by atoms with E-state index in [0.29, 0.717) is 5.15 Å². The number of nitrogens with zero attached hydrogens (tertiary/aromatic N) is 2. The van der Waals surface area contributed by atoms with Crippen molar-refractivity contribution >= 4 is 22.5 Å². The summed E-state index contributed by atoms with van der Waals surface area (Å²) in [4.78, 5) is 0. The van der Waals surface area contributed by atoms with Crippen molar-refractivity contribution in [1.29, 1.82) is 0 Å². The fourth-order valence-corrected chi connectivity index (χ4v) is 1.77. The van der Waals surface area contributed by atoms with Gasteiger partial charge in [0.25, 0.3) is 0 Å². The lowest BCUT2D eigenvalue weighted by Crippen LogP contribution is -1.93. The Labute approximate surface area is 80.5 Å². The predicted molar refractivity (Wildman–Crippen MR) is 51.6 cm³/mol. The van der Waals surface area contributed by atoms with E-state index in [1.165, 1.54) is 0 Å². The number of rotatable bonds is 1. The SMILES string of the molecule is Cn1nc(Cl)c2cccc(CO)c21. The first-order valence-corrected chi connectivity index (χ1v) is 4.33. The monoisotopic (exact) mass is 196 g/mol. The largest absolute Gasteiger partial charge is 0.392 e. The van der Waals surface area contributed by atoms with Crippen LogP contribution in [0.25, 0.3) is 10.9 Å². The molecule has 68 valence electrons. The molecule has 0 aliphatic carbocycles. The van der Waals surface area contributed by atoms with Crippen LogP contribution < -0.4 is 0 Å². The summed E-state index contributed by atoms with van der Waals surface area (Å²) in [6.45, 7) is 0.00715. The average Bonchev–Trinajstić information content (AvgIpc) is 2.43. The van der Waals surface area contributed by atoms with Gasteiger partial charge in [-0.1, -0.05) is 23.7 Å². The first-order chi connectivity index (χ1) is 6.24. The molecule has 0 saturated carbocycles. The quantitative estimate of drug-likeness (QED) is 0.754. The zero-order chi connectivity index (χ0) is 9.42. The second kappa shape index (κ2) is 3.01. The Kier molecular flexibility index (Phi) is 1.98. The number of benzene rings is 1. The van der Waals surface area contributed by atoms with E-state index in [9.17, 15) is 0 Å². The number of aliphatic hydroxyl groups excluding tert-OH is 1. The van der Waals surface area contributed by atoms with Gasteiger partial charge >= 0.3 is 0 Å². The molecule has 4 heteroatoms. The fourth-order valence-electron chi connectivity index (χ4n) is 1.50. The number of para-hydroxylation sites is 1.